The SMILES string of the molecule is CCC.C[C@@H]1CCCCN1CC(F)F. The molecule has 86 valence electrons. The molecule has 3 heteroatoms. The molecule has 0 bridgehead atoms. The summed E-state index contributed by atoms with van der Waals surface area (Å²) < 4.78 is 23.9. The highest BCUT2D eigenvalue weighted by Gasteiger charge is 2.20. The number of likely N-dealkylation sites (tertiary alicyclic amines) is 1. The molecule has 0 saturated carbocycles. The van der Waals surface area contributed by atoms with Crippen molar-refractivity contribution in [1.82, 2.24) is 4.90 Å². The molecule has 1 rings (SSSR count). The van der Waals surface area contributed by atoms with Gasteiger partial charge in [-0.1, -0.05) is 26.7 Å². The topological polar surface area (TPSA) is 3.24 Å². The van der Waals surface area contributed by atoms with E-state index < -0.39 is 6.43 Å². The highest BCUT2D eigenvalue weighted by Crippen LogP contribution is 2.16. The van der Waals surface area contributed by atoms with Crippen LogP contribution in [0.4, 0.5) is 8.78 Å². The molecule has 1 aliphatic rings. The summed E-state index contributed by atoms with van der Waals surface area (Å²) in [6.07, 6.45) is 2.43. The molecule has 0 amide bonds. The Hall–Kier alpha value is -0.180. The summed E-state index contributed by atoms with van der Waals surface area (Å²) in [6, 6.07) is 0.359. The summed E-state index contributed by atoms with van der Waals surface area (Å²) in [5.74, 6) is 0. The van der Waals surface area contributed by atoms with Crippen molar-refractivity contribution in [1.29, 1.82) is 0 Å². The molecule has 1 saturated heterocycles. The van der Waals surface area contributed by atoms with Crippen LogP contribution in [0.2, 0.25) is 0 Å². The average molecular weight is 207 g/mol. The standard InChI is InChI=1S/C8H15F2N.C3H8/c1-7-4-2-3-5-11(7)6-8(9)10;1-3-2/h7-8H,2-6H2,1H3;3H2,1-2H3/t7-;/m1./s1. The molecule has 0 aromatic rings. The Bertz CT molecular complexity index is 128. The van der Waals surface area contributed by atoms with E-state index in [1.54, 1.807) is 0 Å². The maximum Gasteiger partial charge on any atom is 0.251 e. The third kappa shape index (κ3) is 6.30. The van der Waals surface area contributed by atoms with Crippen molar-refractivity contribution < 1.29 is 8.78 Å². The Morgan fingerprint density at radius 2 is 1.86 bits per heavy atom. The fourth-order valence-electron chi connectivity index (χ4n) is 1.61. The number of nitrogens with zero attached hydrogens (tertiary/aromatic N) is 1. The van der Waals surface area contributed by atoms with E-state index in [0.717, 1.165) is 19.4 Å². The lowest BCUT2D eigenvalue weighted by Crippen LogP contribution is -2.40. The summed E-state index contributed by atoms with van der Waals surface area (Å²) in [7, 11) is 0. The molecule has 1 nitrogen and oxygen atoms in total. The van der Waals surface area contributed by atoms with Gasteiger partial charge in [0.05, 0.1) is 6.54 Å². The van der Waals surface area contributed by atoms with Crippen LogP contribution in [0.3, 0.4) is 0 Å². The number of piperidine rings is 1. The predicted octanol–water partition coefficient (Wildman–Crippen LogP) is 3.54. The van der Waals surface area contributed by atoms with Gasteiger partial charge in [-0.3, -0.25) is 4.90 Å². The minimum absolute atomic E-state index is 0.0405. The molecular formula is C11H23F2N. The van der Waals surface area contributed by atoms with E-state index in [4.69, 9.17) is 0 Å². The molecule has 0 aromatic carbocycles. The molecule has 0 unspecified atom stereocenters. The number of alkyl halides is 2. The van der Waals surface area contributed by atoms with Crippen molar-refractivity contribution >= 4 is 0 Å². The normalized spacial score (nSPS) is 23.1. The average Bonchev–Trinajstić information content (AvgIpc) is 2.09. The smallest absolute Gasteiger partial charge is 0.251 e. The first kappa shape index (κ1) is 13.8. The zero-order chi connectivity index (χ0) is 11.0. The van der Waals surface area contributed by atoms with E-state index in [1.807, 2.05) is 11.8 Å². The third-order valence-electron chi connectivity index (χ3n) is 2.31. The maximum absolute atomic E-state index is 12.0. The van der Waals surface area contributed by atoms with Gasteiger partial charge in [0.2, 0.25) is 0 Å². The molecule has 0 N–H and O–H groups in total. The minimum Gasteiger partial charge on any atom is -0.295 e. The van der Waals surface area contributed by atoms with Crippen LogP contribution in [-0.4, -0.2) is 30.5 Å². The minimum atomic E-state index is -2.17. The highest BCUT2D eigenvalue weighted by atomic mass is 19.3. The lowest BCUT2D eigenvalue weighted by atomic mass is 10.0. The van der Waals surface area contributed by atoms with Gasteiger partial charge in [-0.05, 0) is 26.3 Å². The van der Waals surface area contributed by atoms with Crippen LogP contribution in [0.5, 0.6) is 0 Å². The maximum atomic E-state index is 12.0. The van der Waals surface area contributed by atoms with Crippen molar-refractivity contribution in [3.63, 3.8) is 0 Å². The first-order valence-corrected chi connectivity index (χ1v) is 5.64. The van der Waals surface area contributed by atoms with E-state index in [9.17, 15) is 8.78 Å². The summed E-state index contributed by atoms with van der Waals surface area (Å²) in [5, 5.41) is 0. The van der Waals surface area contributed by atoms with Gasteiger partial charge in [0.1, 0.15) is 0 Å². The van der Waals surface area contributed by atoms with Gasteiger partial charge in [0.25, 0.3) is 6.43 Å². The van der Waals surface area contributed by atoms with Gasteiger partial charge < -0.3 is 0 Å². The second-order valence-corrected chi connectivity index (χ2v) is 3.94. The van der Waals surface area contributed by atoms with Crippen LogP contribution in [0, 0.1) is 0 Å². The van der Waals surface area contributed by atoms with Crippen LogP contribution in [0.1, 0.15) is 46.5 Å². The van der Waals surface area contributed by atoms with Crippen molar-refractivity contribution in [2.75, 3.05) is 13.1 Å². The van der Waals surface area contributed by atoms with Gasteiger partial charge in [0, 0.05) is 6.04 Å². The highest BCUT2D eigenvalue weighted by molar-refractivity contribution is 4.73. The second-order valence-electron chi connectivity index (χ2n) is 3.94. The number of hydrogen-bond donors (Lipinski definition) is 0. The molecule has 1 fully saturated rings. The molecule has 0 spiro atoms. The Morgan fingerprint density at radius 3 is 2.29 bits per heavy atom. The van der Waals surface area contributed by atoms with Crippen molar-refractivity contribution in [3.05, 3.63) is 0 Å². The predicted molar refractivity (Wildman–Crippen MR) is 56.9 cm³/mol. The second kappa shape index (κ2) is 8.16. The first-order chi connectivity index (χ1) is 6.61. The molecule has 14 heavy (non-hydrogen) atoms. The van der Waals surface area contributed by atoms with Crippen LogP contribution in [0.25, 0.3) is 0 Å². The zero-order valence-electron chi connectivity index (χ0n) is 9.60. The molecule has 0 radical (unpaired) electrons. The van der Waals surface area contributed by atoms with Gasteiger partial charge in [-0.15, -0.1) is 0 Å². The van der Waals surface area contributed by atoms with E-state index in [2.05, 4.69) is 13.8 Å². The quantitative estimate of drug-likeness (QED) is 0.669. The lowest BCUT2D eigenvalue weighted by Gasteiger charge is -2.32. The van der Waals surface area contributed by atoms with Gasteiger partial charge >= 0.3 is 0 Å². The lowest BCUT2D eigenvalue weighted by molar-refractivity contribution is 0.0546. The zero-order valence-corrected chi connectivity index (χ0v) is 9.60. The van der Waals surface area contributed by atoms with Crippen LogP contribution in [0.15, 0.2) is 0 Å². The van der Waals surface area contributed by atoms with Crippen molar-refractivity contribution in [3.8, 4) is 0 Å². The summed E-state index contributed by atoms with van der Waals surface area (Å²) >= 11 is 0. The van der Waals surface area contributed by atoms with E-state index in [0.29, 0.717) is 6.04 Å². The molecule has 0 aromatic heterocycles. The number of halogens is 2. The van der Waals surface area contributed by atoms with Crippen LogP contribution in [-0.2, 0) is 0 Å². The summed E-state index contributed by atoms with van der Waals surface area (Å²) in [6.45, 7) is 7.09. The monoisotopic (exact) mass is 207 g/mol. The number of hydrogen-bond acceptors (Lipinski definition) is 1. The molecule has 1 heterocycles. The molecule has 1 atom stereocenters. The first-order valence-electron chi connectivity index (χ1n) is 5.64. The molecular weight excluding hydrogens is 184 g/mol. The summed E-state index contributed by atoms with van der Waals surface area (Å²) in [5.41, 5.74) is 0. The van der Waals surface area contributed by atoms with Crippen LogP contribution >= 0.6 is 0 Å². The Morgan fingerprint density at radius 1 is 1.29 bits per heavy atom. The van der Waals surface area contributed by atoms with E-state index in [1.165, 1.54) is 12.8 Å². The van der Waals surface area contributed by atoms with Crippen LogP contribution < -0.4 is 0 Å². The number of rotatable bonds is 2. The van der Waals surface area contributed by atoms with Gasteiger partial charge in [0.15, 0.2) is 0 Å². The summed E-state index contributed by atoms with van der Waals surface area (Å²) in [4.78, 5) is 1.88. The van der Waals surface area contributed by atoms with Crippen molar-refractivity contribution in [2.45, 2.75) is 58.9 Å². The van der Waals surface area contributed by atoms with Gasteiger partial charge in [-0.2, -0.15) is 0 Å². The van der Waals surface area contributed by atoms with E-state index >= 15 is 0 Å². The van der Waals surface area contributed by atoms with Gasteiger partial charge in [-0.25, -0.2) is 8.78 Å². The largest absolute Gasteiger partial charge is 0.295 e. The Kier molecular flexibility index (Phi) is 8.05. The Labute approximate surface area is 86.5 Å². The molecule has 1 aliphatic heterocycles. The van der Waals surface area contributed by atoms with Crippen molar-refractivity contribution in [2.24, 2.45) is 0 Å². The fraction of sp³-hybridized carbons (Fsp3) is 1.00. The third-order valence-corrected chi connectivity index (χ3v) is 2.31. The fourth-order valence-corrected chi connectivity index (χ4v) is 1.61. The Balaban J connectivity index is 0.000000500. The van der Waals surface area contributed by atoms with E-state index in [-0.39, 0.29) is 6.54 Å². The molecule has 0 aliphatic carbocycles.